The van der Waals surface area contributed by atoms with E-state index in [2.05, 4.69) is 5.32 Å². The van der Waals surface area contributed by atoms with E-state index in [0.29, 0.717) is 25.5 Å². The number of nitrogens with zero attached hydrogens (tertiary/aromatic N) is 1. The molecule has 7 heteroatoms. The summed E-state index contributed by atoms with van der Waals surface area (Å²) in [6.07, 6.45) is 3.23. The second-order valence-corrected chi connectivity index (χ2v) is 5.47. The predicted molar refractivity (Wildman–Crippen MR) is 70.9 cm³/mol. The molecule has 0 aromatic carbocycles. The van der Waals surface area contributed by atoms with E-state index in [-0.39, 0.29) is 10.8 Å². The third kappa shape index (κ3) is 4.72. The lowest BCUT2D eigenvalue weighted by Gasteiger charge is -2.21. The van der Waals surface area contributed by atoms with Gasteiger partial charge in [0.1, 0.15) is 5.92 Å². The monoisotopic (exact) mass is 286 g/mol. The molecule has 1 N–H and O–H groups in total. The quantitative estimate of drug-likeness (QED) is 0.401. The first-order valence-electron chi connectivity index (χ1n) is 7.25. The Morgan fingerprint density at radius 3 is 2.80 bits per heavy atom. The Bertz CT molecular complexity index is 344. The van der Waals surface area contributed by atoms with Crippen molar-refractivity contribution in [3.05, 3.63) is 10.1 Å². The van der Waals surface area contributed by atoms with Crippen molar-refractivity contribution in [1.82, 2.24) is 5.32 Å². The van der Waals surface area contributed by atoms with E-state index in [0.717, 1.165) is 39.1 Å². The van der Waals surface area contributed by atoms with Gasteiger partial charge in [0, 0.05) is 44.3 Å². The second-order valence-electron chi connectivity index (χ2n) is 5.47. The van der Waals surface area contributed by atoms with Crippen molar-refractivity contribution in [3.63, 3.8) is 0 Å². The zero-order chi connectivity index (χ0) is 14.4. The maximum Gasteiger partial charge on any atom is 0.230 e. The number of carbonyl (C=O) groups excluding carboxylic acids is 1. The Morgan fingerprint density at radius 2 is 2.15 bits per heavy atom. The highest BCUT2D eigenvalue weighted by molar-refractivity contribution is 5.81. The summed E-state index contributed by atoms with van der Waals surface area (Å²) >= 11 is 0. The van der Waals surface area contributed by atoms with Gasteiger partial charge in [-0.1, -0.05) is 0 Å². The highest BCUT2D eigenvalue weighted by Gasteiger charge is 2.53. The fraction of sp³-hybridized carbons (Fsp3) is 0.923. The van der Waals surface area contributed by atoms with Crippen LogP contribution in [0, 0.1) is 22.0 Å². The molecule has 0 spiro atoms. The minimum Gasteiger partial charge on any atom is -0.381 e. The normalized spacial score (nSPS) is 26.2. The molecule has 1 amide bonds. The standard InChI is InChI=1S/C13H22N2O5/c16-13(11-8-12(11)15(17)18)14-4-1-5-20-9-10-2-6-19-7-3-10/h10-12H,1-9H2,(H,14,16)/t11-,12+/m1/s1. The second kappa shape index (κ2) is 7.54. The van der Waals surface area contributed by atoms with E-state index in [1.807, 2.05) is 0 Å². The van der Waals surface area contributed by atoms with Gasteiger partial charge in [-0.3, -0.25) is 14.9 Å². The minimum atomic E-state index is -0.667. The van der Waals surface area contributed by atoms with Gasteiger partial charge in [-0.25, -0.2) is 0 Å². The van der Waals surface area contributed by atoms with Gasteiger partial charge >= 0.3 is 0 Å². The van der Waals surface area contributed by atoms with Crippen molar-refractivity contribution in [2.24, 2.45) is 11.8 Å². The van der Waals surface area contributed by atoms with Gasteiger partial charge in [-0.2, -0.15) is 0 Å². The van der Waals surface area contributed by atoms with E-state index in [4.69, 9.17) is 9.47 Å². The van der Waals surface area contributed by atoms with Crippen molar-refractivity contribution in [2.45, 2.75) is 31.7 Å². The lowest BCUT2D eigenvalue weighted by Crippen LogP contribution is -2.29. The van der Waals surface area contributed by atoms with Crippen LogP contribution in [0.3, 0.4) is 0 Å². The maximum atomic E-state index is 11.5. The molecule has 2 aliphatic rings. The molecule has 1 heterocycles. The smallest absolute Gasteiger partial charge is 0.230 e. The van der Waals surface area contributed by atoms with Crippen LogP contribution < -0.4 is 5.32 Å². The van der Waals surface area contributed by atoms with Gasteiger partial charge in [0.05, 0.1) is 0 Å². The summed E-state index contributed by atoms with van der Waals surface area (Å²) in [4.78, 5) is 21.6. The Balaban J connectivity index is 1.44. The number of carbonyl (C=O) groups is 1. The Kier molecular flexibility index (Phi) is 5.72. The highest BCUT2D eigenvalue weighted by atomic mass is 16.6. The lowest BCUT2D eigenvalue weighted by atomic mass is 10.0. The van der Waals surface area contributed by atoms with Crippen LogP contribution >= 0.6 is 0 Å². The number of hydrogen-bond acceptors (Lipinski definition) is 5. The molecule has 0 aromatic heterocycles. The molecule has 0 aromatic rings. The first-order valence-corrected chi connectivity index (χ1v) is 7.25. The summed E-state index contributed by atoms with van der Waals surface area (Å²) in [7, 11) is 0. The van der Waals surface area contributed by atoms with Crippen molar-refractivity contribution in [2.75, 3.05) is 33.0 Å². The van der Waals surface area contributed by atoms with Crippen LogP contribution in [0.2, 0.25) is 0 Å². The highest BCUT2D eigenvalue weighted by Crippen LogP contribution is 2.32. The van der Waals surface area contributed by atoms with Gasteiger partial charge in [0.2, 0.25) is 11.9 Å². The molecule has 0 bridgehead atoms. The average Bonchev–Trinajstić information content (AvgIpc) is 3.24. The molecule has 20 heavy (non-hydrogen) atoms. The first-order chi connectivity index (χ1) is 9.68. The minimum absolute atomic E-state index is 0.198. The number of rotatable bonds is 8. The Labute approximate surface area is 118 Å². The van der Waals surface area contributed by atoms with Crippen LogP contribution in [0.15, 0.2) is 0 Å². The molecular formula is C13H22N2O5. The molecule has 0 unspecified atom stereocenters. The number of amides is 1. The molecule has 1 aliphatic carbocycles. The zero-order valence-electron chi connectivity index (χ0n) is 11.6. The molecule has 2 atom stereocenters. The first kappa shape index (κ1) is 15.2. The van der Waals surface area contributed by atoms with Crippen LogP contribution in [0.25, 0.3) is 0 Å². The molecule has 7 nitrogen and oxygen atoms in total. The summed E-state index contributed by atoms with van der Waals surface area (Å²) in [5, 5.41) is 13.2. The van der Waals surface area contributed by atoms with Crippen molar-refractivity contribution >= 4 is 5.91 Å². The van der Waals surface area contributed by atoms with Gasteiger partial charge in [-0.15, -0.1) is 0 Å². The van der Waals surface area contributed by atoms with E-state index < -0.39 is 12.0 Å². The van der Waals surface area contributed by atoms with Crippen LogP contribution in [0.5, 0.6) is 0 Å². The molecule has 2 rings (SSSR count). The largest absolute Gasteiger partial charge is 0.381 e. The molecule has 1 saturated heterocycles. The van der Waals surface area contributed by atoms with Crippen molar-refractivity contribution < 1.29 is 19.2 Å². The molecule has 1 saturated carbocycles. The van der Waals surface area contributed by atoms with Crippen molar-refractivity contribution in [3.8, 4) is 0 Å². The molecule has 0 radical (unpaired) electrons. The van der Waals surface area contributed by atoms with Crippen molar-refractivity contribution in [1.29, 1.82) is 0 Å². The predicted octanol–water partition coefficient (Wildman–Crippen LogP) is 0.601. The van der Waals surface area contributed by atoms with Crippen LogP contribution in [-0.4, -0.2) is 49.8 Å². The summed E-state index contributed by atoms with van der Waals surface area (Å²) < 4.78 is 10.8. The number of nitrogens with one attached hydrogen (secondary N) is 1. The third-order valence-electron chi connectivity index (χ3n) is 3.82. The van der Waals surface area contributed by atoms with E-state index in [9.17, 15) is 14.9 Å². The van der Waals surface area contributed by atoms with Crippen LogP contribution in [0.4, 0.5) is 0 Å². The summed E-state index contributed by atoms with van der Waals surface area (Å²) in [6.45, 7) is 3.53. The van der Waals surface area contributed by atoms with Gasteiger partial charge in [0.25, 0.3) is 0 Å². The topological polar surface area (TPSA) is 90.7 Å². The lowest BCUT2D eigenvalue weighted by molar-refractivity contribution is -0.497. The summed E-state index contributed by atoms with van der Waals surface area (Å²) in [5.41, 5.74) is 0. The fourth-order valence-electron chi connectivity index (χ4n) is 2.38. The van der Waals surface area contributed by atoms with E-state index in [1.165, 1.54) is 0 Å². The molecular weight excluding hydrogens is 264 g/mol. The molecule has 1 aliphatic heterocycles. The molecule has 2 fully saturated rings. The van der Waals surface area contributed by atoms with Gasteiger partial charge < -0.3 is 14.8 Å². The summed E-state index contributed by atoms with van der Waals surface area (Å²) in [5.74, 6) is -0.0325. The maximum absolute atomic E-state index is 11.5. The van der Waals surface area contributed by atoms with Crippen LogP contribution in [-0.2, 0) is 14.3 Å². The number of hydrogen-bond donors (Lipinski definition) is 1. The van der Waals surface area contributed by atoms with Crippen LogP contribution in [0.1, 0.15) is 25.7 Å². The molecule has 114 valence electrons. The van der Waals surface area contributed by atoms with E-state index >= 15 is 0 Å². The SMILES string of the molecule is O=C(NCCCOCC1CCOCC1)[C@@H]1C[C@@H]1[N+](=O)[O-]. The Hall–Kier alpha value is -1.21. The fourth-order valence-corrected chi connectivity index (χ4v) is 2.38. The summed E-state index contributed by atoms with van der Waals surface area (Å²) in [6, 6.07) is -0.667. The zero-order valence-corrected chi connectivity index (χ0v) is 11.6. The third-order valence-corrected chi connectivity index (χ3v) is 3.82. The number of ether oxygens (including phenoxy) is 2. The average molecular weight is 286 g/mol. The Morgan fingerprint density at radius 1 is 1.40 bits per heavy atom. The van der Waals surface area contributed by atoms with Gasteiger partial charge in [0.15, 0.2) is 0 Å². The number of nitro groups is 1. The van der Waals surface area contributed by atoms with Gasteiger partial charge in [-0.05, 0) is 25.2 Å². The van der Waals surface area contributed by atoms with E-state index in [1.54, 1.807) is 0 Å².